The molecule has 2 N–H and O–H groups in total. The van der Waals surface area contributed by atoms with E-state index in [2.05, 4.69) is 30.1 Å². The van der Waals surface area contributed by atoms with E-state index in [4.69, 9.17) is 5.21 Å². The van der Waals surface area contributed by atoms with Crippen LogP contribution in [0.25, 0.3) is 10.9 Å². The van der Waals surface area contributed by atoms with Gasteiger partial charge in [0.25, 0.3) is 0 Å². The molecule has 0 radical (unpaired) electrons. The van der Waals surface area contributed by atoms with Gasteiger partial charge >= 0.3 is 0 Å². The van der Waals surface area contributed by atoms with Crippen LogP contribution in [0.2, 0.25) is 0 Å². The highest BCUT2D eigenvalue weighted by atomic mass is 16.4. The van der Waals surface area contributed by atoms with Gasteiger partial charge in [-0.25, -0.2) is 0 Å². The molecule has 14 heavy (non-hydrogen) atoms. The molecule has 1 heterocycles. The number of nitrogens with one attached hydrogen (secondary N) is 1. The molecule has 0 aliphatic rings. The van der Waals surface area contributed by atoms with E-state index < -0.39 is 0 Å². The predicted octanol–water partition coefficient (Wildman–Crippen LogP) is 2.59. The lowest BCUT2D eigenvalue weighted by atomic mass is 10.1. The SMILES string of the molecule is Cc1ccc2[nH]c(/C=N/O)cc2c1C. The van der Waals surface area contributed by atoms with E-state index in [1.54, 1.807) is 0 Å². The van der Waals surface area contributed by atoms with Crippen molar-refractivity contribution in [3.63, 3.8) is 0 Å². The normalized spacial score (nSPS) is 11.6. The molecule has 2 aromatic rings. The summed E-state index contributed by atoms with van der Waals surface area (Å²) in [7, 11) is 0. The fourth-order valence-corrected chi connectivity index (χ4v) is 1.61. The Balaban J connectivity index is 2.71. The summed E-state index contributed by atoms with van der Waals surface area (Å²) in [5.41, 5.74) is 4.42. The molecule has 0 atom stereocenters. The minimum absolute atomic E-state index is 0.816. The number of aryl methyl sites for hydroxylation is 2. The number of benzene rings is 1. The summed E-state index contributed by atoms with van der Waals surface area (Å²) < 4.78 is 0. The second-order valence-corrected chi connectivity index (χ2v) is 3.44. The molecule has 0 unspecified atom stereocenters. The molecule has 0 spiro atoms. The van der Waals surface area contributed by atoms with Gasteiger partial charge < -0.3 is 10.2 Å². The Bertz CT molecular complexity index is 497. The molecule has 0 saturated heterocycles. The molecule has 0 fully saturated rings. The largest absolute Gasteiger partial charge is 0.411 e. The Kier molecular flexibility index (Phi) is 2.00. The average Bonchev–Trinajstić information content (AvgIpc) is 2.56. The molecule has 0 bridgehead atoms. The molecule has 1 aromatic carbocycles. The first kappa shape index (κ1) is 8.81. The number of aromatic amines is 1. The van der Waals surface area contributed by atoms with Crippen LogP contribution in [-0.4, -0.2) is 16.4 Å². The monoisotopic (exact) mass is 188 g/mol. The number of fused-ring (bicyclic) bond motifs is 1. The maximum Gasteiger partial charge on any atom is 0.0896 e. The van der Waals surface area contributed by atoms with Gasteiger partial charge in [0.2, 0.25) is 0 Å². The van der Waals surface area contributed by atoms with Gasteiger partial charge in [0.15, 0.2) is 0 Å². The third kappa shape index (κ3) is 1.27. The third-order valence-electron chi connectivity index (χ3n) is 2.56. The quantitative estimate of drug-likeness (QED) is 0.403. The van der Waals surface area contributed by atoms with Gasteiger partial charge in [0, 0.05) is 10.9 Å². The van der Waals surface area contributed by atoms with E-state index >= 15 is 0 Å². The zero-order valence-corrected chi connectivity index (χ0v) is 8.20. The van der Waals surface area contributed by atoms with Crippen LogP contribution in [0, 0.1) is 13.8 Å². The number of hydrogen-bond donors (Lipinski definition) is 2. The highest BCUT2D eigenvalue weighted by Gasteiger charge is 2.03. The van der Waals surface area contributed by atoms with Gasteiger partial charge in [0.05, 0.1) is 11.9 Å². The highest BCUT2D eigenvalue weighted by Crippen LogP contribution is 2.21. The number of rotatable bonds is 1. The lowest BCUT2D eigenvalue weighted by Crippen LogP contribution is -1.80. The topological polar surface area (TPSA) is 48.4 Å². The van der Waals surface area contributed by atoms with Crippen LogP contribution in [0.15, 0.2) is 23.4 Å². The first-order chi connectivity index (χ1) is 6.72. The van der Waals surface area contributed by atoms with E-state index in [1.807, 2.05) is 12.1 Å². The fraction of sp³-hybridized carbons (Fsp3) is 0.182. The van der Waals surface area contributed by atoms with E-state index in [0.717, 1.165) is 11.2 Å². The van der Waals surface area contributed by atoms with Crippen LogP contribution in [0.1, 0.15) is 16.8 Å². The van der Waals surface area contributed by atoms with Crippen LogP contribution in [0.4, 0.5) is 0 Å². The summed E-state index contributed by atoms with van der Waals surface area (Å²) in [5.74, 6) is 0. The van der Waals surface area contributed by atoms with Crippen molar-refractivity contribution in [3.05, 3.63) is 35.0 Å². The Morgan fingerprint density at radius 1 is 1.36 bits per heavy atom. The van der Waals surface area contributed by atoms with E-state index in [1.165, 1.54) is 22.7 Å². The number of aromatic nitrogens is 1. The smallest absolute Gasteiger partial charge is 0.0896 e. The lowest BCUT2D eigenvalue weighted by molar-refractivity contribution is 0.321. The van der Waals surface area contributed by atoms with Gasteiger partial charge in [-0.1, -0.05) is 11.2 Å². The molecule has 2 rings (SSSR count). The summed E-state index contributed by atoms with van der Waals surface area (Å²) in [6, 6.07) is 6.10. The predicted molar refractivity (Wildman–Crippen MR) is 57.2 cm³/mol. The molecule has 0 aliphatic carbocycles. The van der Waals surface area contributed by atoms with Crippen molar-refractivity contribution in [3.8, 4) is 0 Å². The Morgan fingerprint density at radius 3 is 2.86 bits per heavy atom. The van der Waals surface area contributed by atoms with Gasteiger partial charge in [-0.3, -0.25) is 0 Å². The Hall–Kier alpha value is -1.77. The van der Waals surface area contributed by atoms with E-state index in [0.29, 0.717) is 0 Å². The molecular formula is C11H12N2O. The molecule has 0 saturated carbocycles. The molecular weight excluding hydrogens is 176 g/mol. The van der Waals surface area contributed by atoms with Crippen LogP contribution in [0.3, 0.4) is 0 Å². The van der Waals surface area contributed by atoms with E-state index in [-0.39, 0.29) is 0 Å². The summed E-state index contributed by atoms with van der Waals surface area (Å²) >= 11 is 0. The van der Waals surface area contributed by atoms with Crippen molar-refractivity contribution in [2.45, 2.75) is 13.8 Å². The molecule has 3 nitrogen and oxygen atoms in total. The zero-order valence-electron chi connectivity index (χ0n) is 8.20. The number of nitrogens with zero attached hydrogens (tertiary/aromatic N) is 1. The summed E-state index contributed by atoms with van der Waals surface area (Å²) in [4.78, 5) is 3.16. The van der Waals surface area contributed by atoms with Crippen molar-refractivity contribution in [1.29, 1.82) is 0 Å². The molecule has 0 aliphatic heterocycles. The van der Waals surface area contributed by atoms with Crippen LogP contribution in [0.5, 0.6) is 0 Å². The fourth-order valence-electron chi connectivity index (χ4n) is 1.61. The number of oxime groups is 1. The van der Waals surface area contributed by atoms with Crippen molar-refractivity contribution < 1.29 is 5.21 Å². The van der Waals surface area contributed by atoms with Crippen molar-refractivity contribution in [2.75, 3.05) is 0 Å². The highest BCUT2D eigenvalue weighted by molar-refractivity contribution is 5.91. The number of hydrogen-bond acceptors (Lipinski definition) is 2. The Morgan fingerprint density at radius 2 is 2.14 bits per heavy atom. The molecule has 1 aromatic heterocycles. The maximum absolute atomic E-state index is 8.42. The zero-order chi connectivity index (χ0) is 10.1. The number of H-pyrrole nitrogens is 1. The van der Waals surface area contributed by atoms with Gasteiger partial charge in [0.1, 0.15) is 0 Å². The van der Waals surface area contributed by atoms with Crippen molar-refractivity contribution >= 4 is 17.1 Å². The van der Waals surface area contributed by atoms with Gasteiger partial charge in [-0.2, -0.15) is 0 Å². The summed E-state index contributed by atoms with van der Waals surface area (Å²) in [6.45, 7) is 4.17. The van der Waals surface area contributed by atoms with Crippen molar-refractivity contribution in [2.24, 2.45) is 5.16 Å². The van der Waals surface area contributed by atoms with Crippen LogP contribution in [-0.2, 0) is 0 Å². The molecule has 3 heteroatoms. The van der Waals surface area contributed by atoms with E-state index in [9.17, 15) is 0 Å². The minimum Gasteiger partial charge on any atom is -0.411 e. The molecule has 0 amide bonds. The second-order valence-electron chi connectivity index (χ2n) is 3.44. The first-order valence-electron chi connectivity index (χ1n) is 4.48. The van der Waals surface area contributed by atoms with Crippen LogP contribution < -0.4 is 0 Å². The average molecular weight is 188 g/mol. The van der Waals surface area contributed by atoms with Gasteiger partial charge in [-0.15, -0.1) is 0 Å². The first-order valence-corrected chi connectivity index (χ1v) is 4.48. The Labute approximate surface area is 82.1 Å². The van der Waals surface area contributed by atoms with Crippen LogP contribution >= 0.6 is 0 Å². The minimum atomic E-state index is 0.816. The lowest BCUT2D eigenvalue weighted by Gasteiger charge is -1.99. The second kappa shape index (κ2) is 3.18. The van der Waals surface area contributed by atoms with Gasteiger partial charge in [-0.05, 0) is 37.1 Å². The third-order valence-corrected chi connectivity index (χ3v) is 2.56. The standard InChI is InChI=1S/C11H12N2O/c1-7-3-4-11-10(8(7)2)5-9(13-11)6-12-14/h3-6,13-14H,1-2H3/b12-6+. The maximum atomic E-state index is 8.42. The van der Waals surface area contributed by atoms with Crippen molar-refractivity contribution in [1.82, 2.24) is 4.98 Å². The summed E-state index contributed by atoms with van der Waals surface area (Å²) in [6.07, 6.45) is 1.40. The molecule has 72 valence electrons. The summed E-state index contributed by atoms with van der Waals surface area (Å²) in [5, 5.41) is 12.6.